The molecule has 1 unspecified atom stereocenters. The van der Waals surface area contributed by atoms with Crippen molar-refractivity contribution in [3.8, 4) is 17.2 Å². The van der Waals surface area contributed by atoms with E-state index < -0.39 is 0 Å². The number of hydrogen-bond donors (Lipinski definition) is 2. The zero-order chi connectivity index (χ0) is 19.5. The van der Waals surface area contributed by atoms with Gasteiger partial charge in [0, 0.05) is 13.6 Å². The zero-order valence-corrected chi connectivity index (χ0v) is 16.5. The summed E-state index contributed by atoms with van der Waals surface area (Å²) in [7, 11) is 5.08. The molecule has 0 radical (unpaired) electrons. The van der Waals surface area contributed by atoms with Gasteiger partial charge in [0.25, 0.3) is 0 Å². The van der Waals surface area contributed by atoms with Crippen LogP contribution >= 0.6 is 0 Å². The Kier molecular flexibility index (Phi) is 8.29. The molecule has 2 aromatic rings. The average Bonchev–Trinajstić information content (AvgIpc) is 2.71. The number of aliphatic imine (C=N–C) groups is 1. The first kappa shape index (κ1) is 20.4. The normalized spacial score (nSPS) is 12.2. The molecule has 0 aliphatic carbocycles. The van der Waals surface area contributed by atoms with Crippen LogP contribution in [-0.4, -0.2) is 46.4 Å². The minimum absolute atomic E-state index is 0.0472. The largest absolute Gasteiger partial charge is 0.496 e. The molecule has 0 aliphatic heterocycles. The molecule has 6 nitrogen and oxygen atoms in total. The second-order valence-corrected chi connectivity index (χ2v) is 6.02. The second kappa shape index (κ2) is 11.0. The van der Waals surface area contributed by atoms with E-state index in [1.807, 2.05) is 49.4 Å². The number of para-hydroxylation sites is 3. The zero-order valence-electron chi connectivity index (χ0n) is 16.5. The van der Waals surface area contributed by atoms with Crippen molar-refractivity contribution in [2.45, 2.75) is 19.4 Å². The summed E-state index contributed by atoms with van der Waals surface area (Å²) in [6, 6.07) is 15.7. The summed E-state index contributed by atoms with van der Waals surface area (Å²) in [6.07, 6.45) is 0.798. The van der Waals surface area contributed by atoms with Gasteiger partial charge in [0.2, 0.25) is 0 Å². The summed E-state index contributed by atoms with van der Waals surface area (Å²) in [5.74, 6) is 3.10. The number of benzene rings is 2. The number of guanidine groups is 1. The van der Waals surface area contributed by atoms with Crippen LogP contribution in [-0.2, 0) is 6.42 Å². The maximum atomic E-state index is 5.95. The predicted octanol–water partition coefficient (Wildman–Crippen LogP) is 2.88. The molecule has 0 fully saturated rings. The lowest BCUT2D eigenvalue weighted by Crippen LogP contribution is -2.42. The number of rotatable bonds is 9. The van der Waals surface area contributed by atoms with Gasteiger partial charge >= 0.3 is 0 Å². The smallest absolute Gasteiger partial charge is 0.191 e. The van der Waals surface area contributed by atoms with Crippen molar-refractivity contribution in [3.05, 3.63) is 54.1 Å². The summed E-state index contributed by atoms with van der Waals surface area (Å²) in [5, 5.41) is 6.60. The molecule has 0 saturated carbocycles. The lowest BCUT2D eigenvalue weighted by molar-refractivity contribution is 0.213. The fourth-order valence-corrected chi connectivity index (χ4v) is 2.66. The minimum Gasteiger partial charge on any atom is -0.496 e. The van der Waals surface area contributed by atoms with Gasteiger partial charge in [-0.1, -0.05) is 30.3 Å². The van der Waals surface area contributed by atoms with Crippen LogP contribution in [0.1, 0.15) is 12.5 Å². The standard InChI is InChI=1S/C21H29N3O3/c1-16(27-20-12-8-7-11-19(20)26-4)15-24-21(22-2)23-14-13-17-9-5-6-10-18(17)25-3/h5-12,16H,13-15H2,1-4H3,(H2,22,23,24). The van der Waals surface area contributed by atoms with Crippen LogP contribution in [0.3, 0.4) is 0 Å². The molecule has 2 N–H and O–H groups in total. The lowest BCUT2D eigenvalue weighted by atomic mass is 10.1. The van der Waals surface area contributed by atoms with Gasteiger partial charge in [-0.15, -0.1) is 0 Å². The Hall–Kier alpha value is -2.89. The summed E-state index contributed by atoms with van der Waals surface area (Å²) >= 11 is 0. The molecule has 146 valence electrons. The highest BCUT2D eigenvalue weighted by Crippen LogP contribution is 2.26. The van der Waals surface area contributed by atoms with E-state index in [9.17, 15) is 0 Å². The molecule has 2 aromatic carbocycles. The van der Waals surface area contributed by atoms with Gasteiger partial charge in [-0.3, -0.25) is 4.99 Å². The van der Waals surface area contributed by atoms with Crippen molar-refractivity contribution in [1.29, 1.82) is 0 Å². The molecule has 0 amide bonds. The molecule has 0 aromatic heterocycles. The van der Waals surface area contributed by atoms with E-state index in [1.54, 1.807) is 21.3 Å². The Bertz CT molecular complexity index is 734. The van der Waals surface area contributed by atoms with E-state index in [-0.39, 0.29) is 6.10 Å². The third kappa shape index (κ3) is 6.40. The molecular formula is C21H29N3O3. The van der Waals surface area contributed by atoms with E-state index in [0.29, 0.717) is 6.54 Å². The molecule has 0 heterocycles. The van der Waals surface area contributed by atoms with Crippen LogP contribution in [0, 0.1) is 0 Å². The molecule has 27 heavy (non-hydrogen) atoms. The number of methoxy groups -OCH3 is 2. The number of nitrogens with one attached hydrogen (secondary N) is 2. The van der Waals surface area contributed by atoms with Crippen LogP contribution in [0.2, 0.25) is 0 Å². The van der Waals surface area contributed by atoms with Crippen molar-refractivity contribution >= 4 is 5.96 Å². The monoisotopic (exact) mass is 371 g/mol. The summed E-state index contributed by atoms with van der Waals surface area (Å²) in [6.45, 7) is 3.37. The van der Waals surface area contributed by atoms with Crippen LogP contribution in [0.25, 0.3) is 0 Å². The molecule has 2 rings (SSSR count). The van der Waals surface area contributed by atoms with Gasteiger partial charge in [-0.25, -0.2) is 0 Å². The summed E-state index contributed by atoms with van der Waals surface area (Å²) in [4.78, 5) is 4.26. The van der Waals surface area contributed by atoms with Crippen molar-refractivity contribution in [2.24, 2.45) is 4.99 Å². The highest BCUT2D eigenvalue weighted by Gasteiger charge is 2.09. The van der Waals surface area contributed by atoms with E-state index in [0.717, 1.165) is 41.7 Å². The Balaban J connectivity index is 1.78. The van der Waals surface area contributed by atoms with E-state index in [1.165, 1.54) is 0 Å². The van der Waals surface area contributed by atoms with Crippen LogP contribution in [0.15, 0.2) is 53.5 Å². The molecule has 0 aliphatic rings. The van der Waals surface area contributed by atoms with Gasteiger partial charge < -0.3 is 24.8 Å². The lowest BCUT2D eigenvalue weighted by Gasteiger charge is -2.19. The van der Waals surface area contributed by atoms with Crippen molar-refractivity contribution in [2.75, 3.05) is 34.4 Å². The maximum Gasteiger partial charge on any atom is 0.191 e. The predicted molar refractivity (Wildman–Crippen MR) is 109 cm³/mol. The third-order valence-corrected chi connectivity index (χ3v) is 4.06. The third-order valence-electron chi connectivity index (χ3n) is 4.06. The Morgan fingerprint density at radius 1 is 0.926 bits per heavy atom. The topological polar surface area (TPSA) is 64.1 Å². The Morgan fingerprint density at radius 3 is 2.22 bits per heavy atom. The molecule has 1 atom stereocenters. The molecular weight excluding hydrogens is 342 g/mol. The first-order chi connectivity index (χ1) is 13.2. The average molecular weight is 371 g/mol. The summed E-state index contributed by atoms with van der Waals surface area (Å²) < 4.78 is 16.6. The first-order valence-corrected chi connectivity index (χ1v) is 9.04. The summed E-state index contributed by atoms with van der Waals surface area (Å²) in [5.41, 5.74) is 1.16. The molecule has 0 saturated heterocycles. The number of ether oxygens (including phenoxy) is 3. The van der Waals surface area contributed by atoms with Crippen molar-refractivity contribution < 1.29 is 14.2 Å². The Morgan fingerprint density at radius 2 is 1.56 bits per heavy atom. The number of hydrogen-bond acceptors (Lipinski definition) is 4. The van der Waals surface area contributed by atoms with Gasteiger partial charge in [0.1, 0.15) is 11.9 Å². The molecule has 6 heteroatoms. The Labute approximate surface area is 161 Å². The van der Waals surface area contributed by atoms with E-state index in [4.69, 9.17) is 14.2 Å². The van der Waals surface area contributed by atoms with Gasteiger partial charge in [0.05, 0.1) is 20.8 Å². The second-order valence-electron chi connectivity index (χ2n) is 6.02. The minimum atomic E-state index is -0.0472. The molecule has 0 bridgehead atoms. The maximum absolute atomic E-state index is 5.95. The fraction of sp³-hybridized carbons (Fsp3) is 0.381. The highest BCUT2D eigenvalue weighted by molar-refractivity contribution is 5.79. The van der Waals surface area contributed by atoms with E-state index >= 15 is 0 Å². The molecule has 0 spiro atoms. The quantitative estimate of drug-likeness (QED) is 0.524. The first-order valence-electron chi connectivity index (χ1n) is 9.04. The number of nitrogens with zero attached hydrogens (tertiary/aromatic N) is 1. The van der Waals surface area contributed by atoms with Crippen molar-refractivity contribution in [1.82, 2.24) is 10.6 Å². The SMILES string of the molecule is CN=C(NCCc1ccccc1OC)NCC(C)Oc1ccccc1OC. The fourth-order valence-electron chi connectivity index (χ4n) is 2.66. The highest BCUT2D eigenvalue weighted by atomic mass is 16.5. The van der Waals surface area contributed by atoms with Gasteiger partial charge in [-0.2, -0.15) is 0 Å². The van der Waals surface area contributed by atoms with Crippen LogP contribution in [0.5, 0.6) is 17.2 Å². The van der Waals surface area contributed by atoms with Gasteiger partial charge in [-0.05, 0) is 37.1 Å². The van der Waals surface area contributed by atoms with Crippen LogP contribution in [0.4, 0.5) is 0 Å². The van der Waals surface area contributed by atoms with Crippen LogP contribution < -0.4 is 24.8 Å². The van der Waals surface area contributed by atoms with E-state index in [2.05, 4.69) is 21.7 Å². The van der Waals surface area contributed by atoms with Crippen molar-refractivity contribution in [3.63, 3.8) is 0 Å². The van der Waals surface area contributed by atoms with Gasteiger partial charge in [0.15, 0.2) is 17.5 Å².